The molecule has 1 aromatic carbocycles. The average molecular weight is 291 g/mol. The molecule has 0 radical (unpaired) electrons. The summed E-state index contributed by atoms with van der Waals surface area (Å²) in [5.41, 5.74) is -0.0510. The van der Waals surface area contributed by atoms with Crippen molar-refractivity contribution in [3.05, 3.63) is 34.4 Å². The minimum absolute atomic E-state index is 0. The average Bonchev–Trinajstić information content (AvgIpc) is 2.30. The van der Waals surface area contributed by atoms with E-state index in [0.717, 1.165) is 0 Å². The summed E-state index contributed by atoms with van der Waals surface area (Å²) < 4.78 is 15.3. The third-order valence-corrected chi connectivity index (χ3v) is 3.82. The first-order valence-corrected chi connectivity index (χ1v) is 7.39. The summed E-state index contributed by atoms with van der Waals surface area (Å²) in [6.07, 6.45) is 6.93. The molecule has 0 aliphatic carbocycles. The highest BCUT2D eigenvalue weighted by Gasteiger charge is 2.22. The van der Waals surface area contributed by atoms with Crippen LogP contribution >= 0.6 is 6.72 Å². The first kappa shape index (κ1) is 14.5. The van der Waals surface area contributed by atoms with E-state index in [4.69, 9.17) is 31.8 Å². The van der Waals surface area contributed by atoms with Crippen LogP contribution in [0.5, 0.6) is 5.75 Å². The van der Waals surface area contributed by atoms with E-state index in [-0.39, 0.29) is 15.1 Å². The molecule has 1 aromatic rings. The molecule has 0 bridgehead atoms. The molecule has 0 N–H and O–H groups in total. The van der Waals surface area contributed by atoms with Crippen LogP contribution in [0.3, 0.4) is 0 Å². The zero-order valence-electron chi connectivity index (χ0n) is 9.44. The van der Waals surface area contributed by atoms with Gasteiger partial charge in [-0.15, -0.1) is 0 Å². The van der Waals surface area contributed by atoms with Crippen molar-refractivity contribution in [3.63, 3.8) is 0 Å². The highest BCUT2D eigenvalue weighted by molar-refractivity contribution is 8.07. The molecule has 18 heavy (non-hydrogen) atoms. The molecule has 0 saturated carbocycles. The Labute approximate surface area is 112 Å². The van der Waals surface area contributed by atoms with Gasteiger partial charge in [-0.25, -0.2) is 0 Å². The van der Waals surface area contributed by atoms with Gasteiger partial charge < -0.3 is 9.05 Å². The number of nitrogens with zero attached hydrogens (tertiary/aromatic N) is 1. The standard InChI is InChI=1S/C10H10NO5PS.2H2/c1-3-14-17(18,15-4-2)16-10-7-5-9(6-8-10)11(12)13;;/h1,5-8H,4H2,2H3;2*1H. The van der Waals surface area contributed by atoms with Gasteiger partial charge in [0.05, 0.1) is 11.5 Å². The summed E-state index contributed by atoms with van der Waals surface area (Å²) in [6.45, 7) is -1.05. The quantitative estimate of drug-likeness (QED) is 0.346. The normalized spacial score (nSPS) is 13.1. The molecule has 1 atom stereocenters. The molecule has 0 aromatic heterocycles. The van der Waals surface area contributed by atoms with Crippen LogP contribution in [0.1, 0.15) is 9.78 Å². The lowest BCUT2D eigenvalue weighted by molar-refractivity contribution is -0.384. The lowest BCUT2D eigenvalue weighted by atomic mass is 10.3. The minimum Gasteiger partial charge on any atom is -0.415 e. The van der Waals surface area contributed by atoms with Crippen molar-refractivity contribution in [1.82, 2.24) is 0 Å². The van der Waals surface area contributed by atoms with Gasteiger partial charge in [-0.3, -0.25) is 14.6 Å². The maximum atomic E-state index is 10.5. The van der Waals surface area contributed by atoms with Crippen LogP contribution in [0.15, 0.2) is 24.3 Å². The van der Waals surface area contributed by atoms with E-state index in [1.165, 1.54) is 24.3 Å². The Morgan fingerprint density at radius 2 is 2.17 bits per heavy atom. The van der Waals surface area contributed by atoms with E-state index in [9.17, 15) is 10.1 Å². The number of nitro groups is 1. The Balaban J connectivity index is 0. The van der Waals surface area contributed by atoms with Crippen molar-refractivity contribution in [2.75, 3.05) is 6.61 Å². The molecule has 0 heterocycles. The van der Waals surface area contributed by atoms with Crippen LogP contribution in [-0.2, 0) is 20.9 Å². The Morgan fingerprint density at radius 1 is 1.56 bits per heavy atom. The second kappa shape index (κ2) is 6.36. The van der Waals surface area contributed by atoms with Crippen molar-refractivity contribution in [1.29, 1.82) is 0 Å². The topological polar surface area (TPSA) is 70.8 Å². The second-order valence-electron chi connectivity index (χ2n) is 2.92. The SMILES string of the molecule is C#COP(=S)(OCC)Oc1ccc([N+](=O)[O-])cc1.[HH].[HH]. The maximum absolute atomic E-state index is 10.5. The van der Waals surface area contributed by atoms with Gasteiger partial charge in [-0.05, 0) is 19.1 Å². The number of terminal acetylenes is 1. The molecule has 100 valence electrons. The van der Waals surface area contributed by atoms with E-state index in [1.807, 2.05) is 6.11 Å². The summed E-state index contributed by atoms with van der Waals surface area (Å²) in [7, 11) is 0. The van der Waals surface area contributed by atoms with Crippen molar-refractivity contribution >= 4 is 24.2 Å². The molecule has 0 spiro atoms. The maximum Gasteiger partial charge on any atom is 0.443 e. The number of hydrogen-bond acceptors (Lipinski definition) is 6. The summed E-state index contributed by atoms with van der Waals surface area (Å²) >= 11 is 5.03. The first-order valence-electron chi connectivity index (χ1n) is 4.83. The van der Waals surface area contributed by atoms with Gasteiger partial charge in [0.2, 0.25) is 0 Å². The smallest absolute Gasteiger partial charge is 0.415 e. The predicted octanol–water partition coefficient (Wildman–Crippen LogP) is 3.33. The second-order valence-corrected chi connectivity index (χ2v) is 5.78. The summed E-state index contributed by atoms with van der Waals surface area (Å²) in [5.74, 6) is 0.299. The van der Waals surface area contributed by atoms with Crippen LogP contribution in [-0.4, -0.2) is 11.5 Å². The molecule has 0 aliphatic rings. The monoisotopic (exact) mass is 291 g/mol. The minimum atomic E-state index is -3.05. The largest absolute Gasteiger partial charge is 0.443 e. The van der Waals surface area contributed by atoms with Crippen molar-refractivity contribution in [2.24, 2.45) is 0 Å². The third kappa shape index (κ3) is 4.00. The van der Waals surface area contributed by atoms with Gasteiger partial charge in [-0.1, -0.05) is 6.42 Å². The molecule has 0 amide bonds. The van der Waals surface area contributed by atoms with Crippen molar-refractivity contribution in [3.8, 4) is 18.3 Å². The summed E-state index contributed by atoms with van der Waals surface area (Å²) in [6, 6.07) is 5.38. The van der Waals surface area contributed by atoms with Crippen LogP contribution in [0.2, 0.25) is 0 Å². The zero-order valence-corrected chi connectivity index (χ0v) is 11.1. The van der Waals surface area contributed by atoms with Gasteiger partial charge in [0.1, 0.15) is 11.9 Å². The van der Waals surface area contributed by atoms with Gasteiger partial charge in [0.25, 0.3) is 5.69 Å². The highest BCUT2D eigenvalue weighted by Crippen LogP contribution is 2.49. The number of non-ortho nitro benzene ring substituents is 1. The van der Waals surface area contributed by atoms with Crippen molar-refractivity contribution < 1.29 is 21.3 Å². The van der Waals surface area contributed by atoms with E-state index >= 15 is 0 Å². The van der Waals surface area contributed by atoms with E-state index < -0.39 is 11.6 Å². The number of hydrogen-bond donors (Lipinski definition) is 0. The Morgan fingerprint density at radius 3 is 2.61 bits per heavy atom. The molecule has 8 heteroatoms. The van der Waals surface area contributed by atoms with Crippen molar-refractivity contribution in [2.45, 2.75) is 6.92 Å². The fourth-order valence-electron chi connectivity index (χ4n) is 1.05. The van der Waals surface area contributed by atoms with Gasteiger partial charge in [0, 0.05) is 26.8 Å². The van der Waals surface area contributed by atoms with E-state index in [0.29, 0.717) is 5.75 Å². The number of benzene rings is 1. The number of nitro benzene ring substituents is 1. The third-order valence-electron chi connectivity index (χ3n) is 1.72. The molecule has 0 aliphatic heterocycles. The van der Waals surface area contributed by atoms with Crippen LogP contribution in [0.25, 0.3) is 0 Å². The summed E-state index contributed by atoms with van der Waals surface area (Å²) in [5, 5.41) is 10.5. The number of rotatable bonds is 6. The first-order chi connectivity index (χ1) is 8.50. The summed E-state index contributed by atoms with van der Waals surface area (Å²) in [4.78, 5) is 9.96. The Kier molecular flexibility index (Phi) is 5.10. The Hall–Kier alpha value is -1.61. The molecule has 0 saturated heterocycles. The molecule has 1 rings (SSSR count). The van der Waals surface area contributed by atoms with E-state index in [2.05, 4.69) is 0 Å². The molecular weight excluding hydrogens is 277 g/mol. The zero-order chi connectivity index (χ0) is 13.6. The molecule has 6 nitrogen and oxygen atoms in total. The highest BCUT2D eigenvalue weighted by atomic mass is 32.5. The molecule has 1 unspecified atom stereocenters. The molecular formula is C10H14NO5PS. The fourth-order valence-corrected chi connectivity index (χ4v) is 2.72. The molecule has 0 fully saturated rings. The predicted molar refractivity (Wildman–Crippen MR) is 73.8 cm³/mol. The fraction of sp³-hybridized carbons (Fsp3) is 0.200. The lowest BCUT2D eigenvalue weighted by Gasteiger charge is -2.18. The van der Waals surface area contributed by atoms with Crippen LogP contribution < -0.4 is 4.52 Å². The van der Waals surface area contributed by atoms with Gasteiger partial charge in [0.15, 0.2) is 0 Å². The van der Waals surface area contributed by atoms with Gasteiger partial charge in [-0.2, -0.15) is 0 Å². The lowest BCUT2D eigenvalue weighted by Crippen LogP contribution is -1.99. The van der Waals surface area contributed by atoms with Crippen LogP contribution in [0.4, 0.5) is 5.69 Å². The van der Waals surface area contributed by atoms with Crippen LogP contribution in [0, 0.1) is 22.6 Å². The van der Waals surface area contributed by atoms with E-state index in [1.54, 1.807) is 6.92 Å². The Bertz CT molecular complexity index is 519. The van der Waals surface area contributed by atoms with Gasteiger partial charge >= 0.3 is 6.72 Å².